The van der Waals surface area contributed by atoms with Gasteiger partial charge in [0.05, 0.1) is 0 Å². The van der Waals surface area contributed by atoms with Gasteiger partial charge in [0.25, 0.3) is 0 Å². The Hall–Kier alpha value is -2.59. The molecule has 0 aliphatic heterocycles. The van der Waals surface area contributed by atoms with Crippen molar-refractivity contribution >= 4 is 16.8 Å². The highest BCUT2D eigenvalue weighted by Gasteiger charge is 2.17. The van der Waals surface area contributed by atoms with Gasteiger partial charge in [-0.2, -0.15) is 0 Å². The quantitative estimate of drug-likeness (QED) is 0.557. The monoisotopic (exact) mass is 377 g/mol. The summed E-state index contributed by atoms with van der Waals surface area (Å²) in [7, 11) is 0. The van der Waals surface area contributed by atoms with E-state index in [1.807, 2.05) is 24.4 Å². The third kappa shape index (κ3) is 5.23. The van der Waals surface area contributed by atoms with Gasteiger partial charge in [0.15, 0.2) is 0 Å². The van der Waals surface area contributed by atoms with E-state index in [4.69, 9.17) is 0 Å². The molecule has 4 nitrogen and oxygen atoms in total. The van der Waals surface area contributed by atoms with E-state index >= 15 is 0 Å². The second-order valence-electron chi connectivity index (χ2n) is 7.23. The molecule has 0 aliphatic rings. The number of aromatic nitrogens is 1. The number of carbonyl (C=O) groups is 1. The van der Waals surface area contributed by atoms with Gasteiger partial charge in [-0.3, -0.25) is 9.69 Å². The largest absolute Gasteiger partial charge is 0.361 e. The lowest BCUT2D eigenvalue weighted by Crippen LogP contribution is -2.45. The van der Waals surface area contributed by atoms with E-state index in [0.29, 0.717) is 19.0 Å². The van der Waals surface area contributed by atoms with Crippen LogP contribution in [0.3, 0.4) is 0 Å². The molecule has 1 unspecified atom stereocenters. The molecule has 0 saturated heterocycles. The molecule has 148 valence electrons. The van der Waals surface area contributed by atoms with Crippen LogP contribution >= 0.6 is 0 Å². The van der Waals surface area contributed by atoms with Crippen LogP contribution in [-0.4, -0.2) is 41.5 Å². The van der Waals surface area contributed by atoms with Gasteiger partial charge in [-0.25, -0.2) is 0 Å². The lowest BCUT2D eigenvalue weighted by molar-refractivity contribution is -0.121. The Morgan fingerprint density at radius 3 is 2.50 bits per heavy atom. The summed E-state index contributed by atoms with van der Waals surface area (Å²) in [6.45, 7) is 7.02. The minimum absolute atomic E-state index is 0.121. The Balaban J connectivity index is 1.55. The number of benzene rings is 2. The van der Waals surface area contributed by atoms with E-state index in [2.05, 4.69) is 65.4 Å². The molecule has 1 atom stereocenters. The van der Waals surface area contributed by atoms with Crippen molar-refractivity contribution < 1.29 is 4.79 Å². The summed E-state index contributed by atoms with van der Waals surface area (Å²) in [4.78, 5) is 18.2. The van der Waals surface area contributed by atoms with Crippen molar-refractivity contribution in [1.29, 1.82) is 0 Å². The van der Waals surface area contributed by atoms with Gasteiger partial charge in [0.1, 0.15) is 0 Å². The highest BCUT2D eigenvalue weighted by Crippen LogP contribution is 2.19. The number of aromatic amines is 1. The minimum atomic E-state index is 0.121. The van der Waals surface area contributed by atoms with Crippen molar-refractivity contribution in [3.63, 3.8) is 0 Å². The summed E-state index contributed by atoms with van der Waals surface area (Å²) in [6.07, 6.45) is 4.24. The number of aryl methyl sites for hydroxylation is 1. The predicted octanol–water partition coefficient (Wildman–Crippen LogP) is 4.17. The number of hydrogen-bond acceptors (Lipinski definition) is 2. The zero-order valence-corrected chi connectivity index (χ0v) is 16.9. The fourth-order valence-electron chi connectivity index (χ4n) is 3.86. The number of hydrogen-bond donors (Lipinski definition) is 2. The lowest BCUT2D eigenvalue weighted by atomic mass is 10.0. The summed E-state index contributed by atoms with van der Waals surface area (Å²) >= 11 is 0. The molecule has 0 aliphatic carbocycles. The molecule has 3 aromatic rings. The van der Waals surface area contributed by atoms with Gasteiger partial charge in [-0.05, 0) is 43.1 Å². The number of carbonyl (C=O) groups excluding carboxylic acids is 1. The van der Waals surface area contributed by atoms with Crippen LogP contribution < -0.4 is 5.32 Å². The maximum atomic E-state index is 12.5. The van der Waals surface area contributed by atoms with Gasteiger partial charge < -0.3 is 10.3 Å². The van der Waals surface area contributed by atoms with Crippen molar-refractivity contribution in [2.45, 2.75) is 39.2 Å². The SMILES string of the molecule is CCN(CC)C(CNC(=O)CCc1c[nH]c2ccccc12)Cc1ccccc1. The minimum Gasteiger partial charge on any atom is -0.361 e. The van der Waals surface area contributed by atoms with E-state index in [0.717, 1.165) is 31.4 Å². The summed E-state index contributed by atoms with van der Waals surface area (Å²) in [5, 5.41) is 4.38. The summed E-state index contributed by atoms with van der Waals surface area (Å²) < 4.78 is 0. The van der Waals surface area contributed by atoms with Gasteiger partial charge in [0, 0.05) is 36.1 Å². The number of likely N-dealkylation sites (N-methyl/N-ethyl adjacent to an activating group) is 1. The van der Waals surface area contributed by atoms with E-state index in [1.165, 1.54) is 16.5 Å². The standard InChI is InChI=1S/C24H31N3O/c1-3-27(4-2)21(16-19-10-6-5-7-11-19)18-26-24(28)15-14-20-17-25-23-13-9-8-12-22(20)23/h5-13,17,21,25H,3-4,14-16,18H2,1-2H3,(H,26,28). The van der Waals surface area contributed by atoms with Crippen LogP contribution in [0.4, 0.5) is 0 Å². The average Bonchev–Trinajstić information content (AvgIpc) is 3.15. The number of fused-ring (bicyclic) bond motifs is 1. The molecular weight excluding hydrogens is 346 g/mol. The number of amides is 1. The molecule has 3 rings (SSSR count). The fourth-order valence-corrected chi connectivity index (χ4v) is 3.86. The predicted molar refractivity (Wildman–Crippen MR) is 116 cm³/mol. The molecule has 0 bridgehead atoms. The molecule has 0 saturated carbocycles. The van der Waals surface area contributed by atoms with Gasteiger partial charge in [-0.15, -0.1) is 0 Å². The Kier molecular flexibility index (Phi) is 7.26. The van der Waals surface area contributed by atoms with Crippen molar-refractivity contribution in [3.05, 3.63) is 71.9 Å². The summed E-state index contributed by atoms with van der Waals surface area (Å²) in [6, 6.07) is 19.1. The highest BCUT2D eigenvalue weighted by atomic mass is 16.1. The first-order chi connectivity index (χ1) is 13.7. The molecule has 0 spiro atoms. The van der Waals surface area contributed by atoms with Gasteiger partial charge in [0.2, 0.25) is 5.91 Å². The number of nitrogens with zero attached hydrogens (tertiary/aromatic N) is 1. The van der Waals surface area contributed by atoms with E-state index in [1.54, 1.807) is 0 Å². The molecular formula is C24H31N3O. The van der Waals surface area contributed by atoms with Gasteiger partial charge in [-0.1, -0.05) is 62.4 Å². The number of para-hydroxylation sites is 1. The first kappa shape index (κ1) is 20.2. The third-order valence-electron chi connectivity index (χ3n) is 5.47. The molecule has 2 aromatic carbocycles. The number of H-pyrrole nitrogens is 1. The highest BCUT2D eigenvalue weighted by molar-refractivity contribution is 5.84. The summed E-state index contributed by atoms with van der Waals surface area (Å²) in [5.41, 5.74) is 3.64. The molecule has 1 heterocycles. The smallest absolute Gasteiger partial charge is 0.220 e. The Morgan fingerprint density at radius 1 is 1.04 bits per heavy atom. The van der Waals surface area contributed by atoms with Crippen molar-refractivity contribution in [3.8, 4) is 0 Å². The van der Waals surface area contributed by atoms with E-state index in [-0.39, 0.29) is 5.91 Å². The van der Waals surface area contributed by atoms with Crippen LogP contribution in [0, 0.1) is 0 Å². The molecule has 4 heteroatoms. The van der Waals surface area contributed by atoms with Crippen LogP contribution in [0.25, 0.3) is 10.9 Å². The van der Waals surface area contributed by atoms with Crippen LogP contribution in [-0.2, 0) is 17.6 Å². The second kappa shape index (κ2) is 10.1. The molecule has 1 amide bonds. The Bertz CT molecular complexity index is 868. The Morgan fingerprint density at radius 2 is 1.75 bits per heavy atom. The van der Waals surface area contributed by atoms with Crippen LogP contribution in [0.1, 0.15) is 31.4 Å². The van der Waals surface area contributed by atoms with Crippen molar-refractivity contribution in [2.75, 3.05) is 19.6 Å². The van der Waals surface area contributed by atoms with Crippen LogP contribution in [0.2, 0.25) is 0 Å². The third-order valence-corrected chi connectivity index (χ3v) is 5.47. The molecule has 2 N–H and O–H groups in total. The lowest BCUT2D eigenvalue weighted by Gasteiger charge is -2.30. The van der Waals surface area contributed by atoms with Crippen LogP contribution in [0.15, 0.2) is 60.8 Å². The maximum absolute atomic E-state index is 12.5. The normalized spacial score (nSPS) is 12.4. The first-order valence-corrected chi connectivity index (χ1v) is 10.3. The van der Waals surface area contributed by atoms with Crippen molar-refractivity contribution in [2.24, 2.45) is 0 Å². The number of nitrogens with one attached hydrogen (secondary N) is 2. The topological polar surface area (TPSA) is 48.1 Å². The van der Waals surface area contributed by atoms with Crippen molar-refractivity contribution in [1.82, 2.24) is 15.2 Å². The van der Waals surface area contributed by atoms with E-state index in [9.17, 15) is 4.79 Å². The van der Waals surface area contributed by atoms with E-state index < -0.39 is 0 Å². The zero-order chi connectivity index (χ0) is 19.8. The maximum Gasteiger partial charge on any atom is 0.220 e. The second-order valence-corrected chi connectivity index (χ2v) is 7.23. The van der Waals surface area contributed by atoms with Crippen LogP contribution in [0.5, 0.6) is 0 Å². The molecule has 0 fully saturated rings. The fraction of sp³-hybridized carbons (Fsp3) is 0.375. The molecule has 1 aromatic heterocycles. The number of rotatable bonds is 10. The molecule has 0 radical (unpaired) electrons. The summed E-state index contributed by atoms with van der Waals surface area (Å²) in [5.74, 6) is 0.121. The Labute approximate surface area is 167 Å². The van der Waals surface area contributed by atoms with Gasteiger partial charge >= 0.3 is 0 Å². The first-order valence-electron chi connectivity index (χ1n) is 10.3. The molecule has 28 heavy (non-hydrogen) atoms. The average molecular weight is 378 g/mol. The zero-order valence-electron chi connectivity index (χ0n) is 16.9.